The Bertz CT molecular complexity index is 809. The number of aromatic nitrogens is 1. The van der Waals surface area contributed by atoms with Crippen LogP contribution in [0.25, 0.3) is 0 Å². The second kappa shape index (κ2) is 7.84. The predicted molar refractivity (Wildman–Crippen MR) is 98.4 cm³/mol. The largest absolute Gasteiger partial charge is 0.322 e. The molecule has 0 aliphatic heterocycles. The maximum Gasteiger partial charge on any atom is 0.289 e. The van der Waals surface area contributed by atoms with E-state index < -0.39 is 4.92 Å². The minimum Gasteiger partial charge on any atom is -0.322 e. The van der Waals surface area contributed by atoms with E-state index in [1.807, 2.05) is 0 Å². The predicted octanol–water partition coefficient (Wildman–Crippen LogP) is 4.93. The van der Waals surface area contributed by atoms with E-state index in [-0.39, 0.29) is 16.6 Å². The van der Waals surface area contributed by atoms with Crippen LogP contribution < -0.4 is 5.32 Å². The molecule has 1 fully saturated rings. The van der Waals surface area contributed by atoms with Gasteiger partial charge in [0.1, 0.15) is 10.0 Å². The molecule has 1 aliphatic rings. The van der Waals surface area contributed by atoms with E-state index in [4.69, 9.17) is 11.6 Å². The Hall–Kier alpha value is -2.12. The Morgan fingerprint density at radius 3 is 2.80 bits per heavy atom. The van der Waals surface area contributed by atoms with E-state index in [0.717, 1.165) is 12.8 Å². The molecule has 0 spiro atoms. The van der Waals surface area contributed by atoms with Gasteiger partial charge in [-0.2, -0.15) is 0 Å². The van der Waals surface area contributed by atoms with Crippen LogP contribution in [0.3, 0.4) is 0 Å². The lowest BCUT2D eigenvalue weighted by molar-refractivity contribution is -0.384. The molecule has 0 bridgehead atoms. The number of halogens is 1. The molecule has 8 heteroatoms. The first kappa shape index (κ1) is 17.7. The molecule has 0 radical (unpaired) electrons. The molecule has 0 saturated heterocycles. The van der Waals surface area contributed by atoms with Crippen LogP contribution >= 0.6 is 23.4 Å². The van der Waals surface area contributed by atoms with Crippen molar-refractivity contribution in [1.82, 2.24) is 4.98 Å². The normalized spacial score (nSPS) is 14.4. The highest BCUT2D eigenvalue weighted by Crippen LogP contribution is 2.35. The Balaban J connectivity index is 1.79. The summed E-state index contributed by atoms with van der Waals surface area (Å²) in [5.74, 6) is -0.342. The van der Waals surface area contributed by atoms with Crippen LogP contribution in [-0.4, -0.2) is 21.1 Å². The zero-order chi connectivity index (χ0) is 17.8. The molecule has 130 valence electrons. The van der Waals surface area contributed by atoms with E-state index in [1.165, 1.54) is 31.0 Å². The monoisotopic (exact) mass is 377 g/mol. The summed E-state index contributed by atoms with van der Waals surface area (Å²) < 4.78 is 0. The van der Waals surface area contributed by atoms with Gasteiger partial charge in [0.05, 0.1) is 10.5 Å². The van der Waals surface area contributed by atoms with Gasteiger partial charge in [0.2, 0.25) is 0 Å². The van der Waals surface area contributed by atoms with Crippen molar-refractivity contribution in [2.45, 2.75) is 36.0 Å². The minimum absolute atomic E-state index is 0.0295. The molecule has 3 rings (SSSR count). The number of rotatable bonds is 5. The van der Waals surface area contributed by atoms with Crippen LogP contribution in [0.4, 0.5) is 11.4 Å². The van der Waals surface area contributed by atoms with Crippen LogP contribution in [-0.2, 0) is 0 Å². The smallest absolute Gasteiger partial charge is 0.289 e. The average Bonchev–Trinajstić information content (AvgIpc) is 3.10. The number of hydrogen-bond donors (Lipinski definition) is 1. The molecular weight excluding hydrogens is 362 g/mol. The zero-order valence-electron chi connectivity index (χ0n) is 13.3. The third-order valence-electron chi connectivity index (χ3n) is 4.00. The molecule has 2 aromatic rings. The summed E-state index contributed by atoms with van der Waals surface area (Å²) in [6, 6.07) is 7.60. The van der Waals surface area contributed by atoms with Crippen LogP contribution in [0.5, 0.6) is 0 Å². The summed E-state index contributed by atoms with van der Waals surface area (Å²) in [5, 5.41) is 14.9. The fraction of sp³-hybridized carbons (Fsp3) is 0.294. The number of amides is 1. The summed E-state index contributed by atoms with van der Waals surface area (Å²) in [5.41, 5.74) is 0.546. The number of carbonyl (C=O) groups excluding carboxylic acids is 1. The molecule has 1 amide bonds. The first-order valence-electron chi connectivity index (χ1n) is 7.91. The lowest BCUT2D eigenvalue weighted by atomic mass is 10.2. The number of anilines is 1. The number of nitrogens with one attached hydrogen (secondary N) is 1. The maximum absolute atomic E-state index is 12.6. The van der Waals surface area contributed by atoms with Crippen molar-refractivity contribution in [2.24, 2.45) is 0 Å². The van der Waals surface area contributed by atoms with E-state index >= 15 is 0 Å². The first-order chi connectivity index (χ1) is 12.0. The number of carbonyl (C=O) groups is 1. The topological polar surface area (TPSA) is 85.1 Å². The zero-order valence-corrected chi connectivity index (χ0v) is 14.8. The van der Waals surface area contributed by atoms with Crippen molar-refractivity contribution < 1.29 is 9.72 Å². The maximum atomic E-state index is 12.6. The van der Waals surface area contributed by atoms with Crippen LogP contribution in [0, 0.1) is 10.1 Å². The Morgan fingerprint density at radius 2 is 2.08 bits per heavy atom. The Labute approximate surface area is 154 Å². The SMILES string of the molecule is O=C(Nc1ccc(Cl)c([N+](=O)[O-])c1)c1cccnc1SC1CCCC1. The molecule has 1 aromatic heterocycles. The fourth-order valence-corrected chi connectivity index (χ4v) is 4.23. The lowest BCUT2D eigenvalue weighted by Gasteiger charge is -2.12. The molecule has 1 saturated carbocycles. The second-order valence-corrected chi connectivity index (χ2v) is 7.45. The number of hydrogen-bond acceptors (Lipinski definition) is 5. The van der Waals surface area contributed by atoms with Gasteiger partial charge in [0.15, 0.2) is 0 Å². The number of nitro groups is 1. The molecule has 0 atom stereocenters. The highest BCUT2D eigenvalue weighted by molar-refractivity contribution is 7.99. The molecule has 1 aromatic carbocycles. The third kappa shape index (κ3) is 4.29. The average molecular weight is 378 g/mol. The first-order valence-corrected chi connectivity index (χ1v) is 9.17. The number of pyridine rings is 1. The fourth-order valence-electron chi connectivity index (χ4n) is 2.75. The minimum atomic E-state index is -0.580. The highest BCUT2D eigenvalue weighted by atomic mass is 35.5. The molecular formula is C17H16ClN3O3S. The van der Waals surface area contributed by atoms with E-state index in [9.17, 15) is 14.9 Å². The Kier molecular flexibility index (Phi) is 5.55. The Morgan fingerprint density at radius 1 is 1.32 bits per heavy atom. The summed E-state index contributed by atoms with van der Waals surface area (Å²) >= 11 is 7.42. The van der Waals surface area contributed by atoms with E-state index in [2.05, 4.69) is 10.3 Å². The number of thioether (sulfide) groups is 1. The molecule has 25 heavy (non-hydrogen) atoms. The van der Waals surface area contributed by atoms with Gasteiger partial charge in [-0.1, -0.05) is 24.4 Å². The van der Waals surface area contributed by atoms with Crippen molar-refractivity contribution in [3.63, 3.8) is 0 Å². The van der Waals surface area contributed by atoms with Crippen LogP contribution in [0.2, 0.25) is 5.02 Å². The lowest BCUT2D eigenvalue weighted by Crippen LogP contribution is -2.14. The van der Waals surface area contributed by atoms with Crippen molar-refractivity contribution in [2.75, 3.05) is 5.32 Å². The van der Waals surface area contributed by atoms with Gasteiger partial charge in [0.25, 0.3) is 11.6 Å². The van der Waals surface area contributed by atoms with Gasteiger partial charge in [-0.15, -0.1) is 11.8 Å². The second-order valence-electron chi connectivity index (χ2n) is 5.76. The third-order valence-corrected chi connectivity index (χ3v) is 5.67. The summed E-state index contributed by atoms with van der Waals surface area (Å²) in [7, 11) is 0. The highest BCUT2D eigenvalue weighted by Gasteiger charge is 2.21. The van der Waals surface area contributed by atoms with Crippen molar-refractivity contribution >= 4 is 40.6 Å². The quantitative estimate of drug-likeness (QED) is 0.589. The van der Waals surface area contributed by atoms with Gasteiger partial charge in [-0.05, 0) is 37.1 Å². The standard InChI is InChI=1S/C17H16ClN3O3S/c18-14-8-7-11(10-15(14)21(23)24)20-16(22)13-6-3-9-19-17(13)25-12-4-1-2-5-12/h3,6-10,12H,1-2,4-5H2,(H,20,22). The van der Waals surface area contributed by atoms with Crippen LogP contribution in [0.1, 0.15) is 36.0 Å². The van der Waals surface area contributed by atoms with Gasteiger partial charge in [0, 0.05) is 23.2 Å². The van der Waals surface area contributed by atoms with Gasteiger partial charge in [-0.25, -0.2) is 4.98 Å². The van der Waals surface area contributed by atoms with Gasteiger partial charge in [-0.3, -0.25) is 14.9 Å². The molecule has 1 heterocycles. The summed E-state index contributed by atoms with van der Waals surface area (Å²) in [4.78, 5) is 27.3. The molecule has 1 aliphatic carbocycles. The van der Waals surface area contributed by atoms with Crippen molar-refractivity contribution in [3.05, 3.63) is 57.2 Å². The van der Waals surface area contributed by atoms with Crippen LogP contribution in [0.15, 0.2) is 41.6 Å². The molecule has 6 nitrogen and oxygen atoms in total. The number of nitro benzene ring substituents is 1. The molecule has 0 unspecified atom stereocenters. The van der Waals surface area contributed by atoms with Gasteiger partial charge < -0.3 is 5.32 Å². The van der Waals surface area contributed by atoms with Crippen molar-refractivity contribution in [1.29, 1.82) is 0 Å². The van der Waals surface area contributed by atoms with E-state index in [0.29, 0.717) is 21.5 Å². The number of nitrogens with zero attached hydrogens (tertiary/aromatic N) is 2. The molecule has 1 N–H and O–H groups in total. The van der Waals surface area contributed by atoms with E-state index in [1.54, 1.807) is 30.1 Å². The summed E-state index contributed by atoms with van der Waals surface area (Å²) in [6.45, 7) is 0. The number of benzene rings is 1. The van der Waals surface area contributed by atoms with Gasteiger partial charge >= 0.3 is 0 Å². The summed E-state index contributed by atoms with van der Waals surface area (Å²) in [6.07, 6.45) is 6.35. The van der Waals surface area contributed by atoms with Crippen molar-refractivity contribution in [3.8, 4) is 0 Å².